The zero-order valence-corrected chi connectivity index (χ0v) is 21.0. The summed E-state index contributed by atoms with van der Waals surface area (Å²) < 4.78 is 8.16. The highest BCUT2D eigenvalue weighted by Crippen LogP contribution is 2.47. The zero-order valence-electron chi connectivity index (χ0n) is 20.2. The molecule has 0 N–H and O–H groups in total. The normalized spacial score (nSPS) is 26.4. The van der Waals surface area contributed by atoms with Crippen LogP contribution in [-0.4, -0.2) is 61.2 Å². The van der Waals surface area contributed by atoms with Gasteiger partial charge in [0.15, 0.2) is 22.9 Å². The van der Waals surface area contributed by atoms with E-state index in [0.717, 1.165) is 72.6 Å². The van der Waals surface area contributed by atoms with Crippen LogP contribution in [0.4, 0.5) is 0 Å². The molecule has 34 heavy (non-hydrogen) atoms. The van der Waals surface area contributed by atoms with Crippen molar-refractivity contribution in [2.24, 2.45) is 0 Å². The number of aromatic nitrogens is 5. The summed E-state index contributed by atoms with van der Waals surface area (Å²) in [5.74, 6) is 1.68. The van der Waals surface area contributed by atoms with Crippen molar-refractivity contribution >= 4 is 28.7 Å². The first kappa shape index (κ1) is 22.2. The number of hydrogen-bond donors (Lipinski definition) is 0. The van der Waals surface area contributed by atoms with Crippen LogP contribution in [0.2, 0.25) is 0 Å². The Morgan fingerprint density at radius 2 is 2.03 bits per heavy atom. The summed E-state index contributed by atoms with van der Waals surface area (Å²) >= 11 is 1.58. The van der Waals surface area contributed by atoms with Crippen molar-refractivity contribution in [1.29, 1.82) is 0 Å². The molecule has 0 amide bonds. The third-order valence-corrected chi connectivity index (χ3v) is 9.08. The first-order valence-corrected chi connectivity index (χ1v) is 13.8. The summed E-state index contributed by atoms with van der Waals surface area (Å²) in [4.78, 5) is 30.1. The number of nitrogens with zero attached hydrogens (tertiary/aromatic N) is 6. The van der Waals surface area contributed by atoms with E-state index in [1.165, 1.54) is 12.8 Å². The second kappa shape index (κ2) is 8.45. The largest absolute Gasteiger partial charge is 0.359 e. The minimum Gasteiger partial charge on any atom is -0.359 e. The molecule has 1 aliphatic heterocycles. The molecule has 4 heterocycles. The van der Waals surface area contributed by atoms with Crippen molar-refractivity contribution in [2.45, 2.75) is 87.2 Å². The molecule has 2 aliphatic carbocycles. The van der Waals surface area contributed by atoms with Crippen LogP contribution in [0.15, 0.2) is 15.9 Å². The van der Waals surface area contributed by atoms with E-state index in [2.05, 4.69) is 28.6 Å². The standard InChI is InChI=1S/C25H32N6O2S/c1-15(17-9-7-13-30(17)2)31-14-26-20-23(31)27-22(28-24(20)34-3)19-16-8-6-12-25(21(16)33-29-19)11-5-4-10-18(25)32/h14-15,17H,4-13H2,1-3H3/t15-,17-,25+/m0/s1. The minimum atomic E-state index is -0.493. The van der Waals surface area contributed by atoms with Crippen LogP contribution >= 0.6 is 11.8 Å². The highest BCUT2D eigenvalue weighted by atomic mass is 32.2. The fourth-order valence-corrected chi connectivity index (χ4v) is 7.05. The molecule has 6 rings (SSSR count). The lowest BCUT2D eigenvalue weighted by molar-refractivity contribution is -0.128. The maximum absolute atomic E-state index is 13.1. The SMILES string of the molecule is CSc1nc(-c2noc3c2CCC[C@@]32CCCCC2=O)nc2c1ncn2[C@@H](C)[C@@H]1CCCN1C. The van der Waals surface area contributed by atoms with Crippen molar-refractivity contribution < 1.29 is 9.32 Å². The van der Waals surface area contributed by atoms with E-state index < -0.39 is 5.41 Å². The van der Waals surface area contributed by atoms with E-state index in [-0.39, 0.29) is 6.04 Å². The summed E-state index contributed by atoms with van der Waals surface area (Å²) in [5.41, 5.74) is 2.91. The molecule has 3 aliphatic rings. The summed E-state index contributed by atoms with van der Waals surface area (Å²) in [6.45, 7) is 3.38. The van der Waals surface area contributed by atoms with E-state index in [1.807, 2.05) is 12.6 Å². The number of likely N-dealkylation sites (tertiary alicyclic amines) is 1. The Hall–Kier alpha value is -2.26. The number of rotatable bonds is 4. The van der Waals surface area contributed by atoms with Gasteiger partial charge in [-0.05, 0) is 71.7 Å². The van der Waals surface area contributed by atoms with E-state index in [1.54, 1.807) is 11.8 Å². The van der Waals surface area contributed by atoms with Crippen molar-refractivity contribution in [3.63, 3.8) is 0 Å². The topological polar surface area (TPSA) is 89.9 Å². The number of carbonyl (C=O) groups excluding carboxylic acids is 1. The fraction of sp³-hybridized carbons (Fsp3) is 0.640. The number of fused-ring (bicyclic) bond motifs is 3. The van der Waals surface area contributed by atoms with E-state index in [0.29, 0.717) is 29.8 Å². The first-order chi connectivity index (χ1) is 16.5. The summed E-state index contributed by atoms with van der Waals surface area (Å²) in [6.07, 6.45) is 12.6. The average molecular weight is 481 g/mol. The number of likely N-dealkylation sites (N-methyl/N-ethyl adjacent to an activating group) is 1. The molecule has 2 fully saturated rings. The molecule has 1 saturated carbocycles. The second-order valence-electron chi connectivity index (χ2n) is 10.2. The monoisotopic (exact) mass is 480 g/mol. The fourth-order valence-electron chi connectivity index (χ4n) is 6.54. The maximum atomic E-state index is 13.1. The minimum absolute atomic E-state index is 0.254. The average Bonchev–Trinajstić information content (AvgIpc) is 3.58. The van der Waals surface area contributed by atoms with Gasteiger partial charge in [-0.25, -0.2) is 15.0 Å². The van der Waals surface area contributed by atoms with E-state index >= 15 is 0 Å². The van der Waals surface area contributed by atoms with Gasteiger partial charge in [-0.15, -0.1) is 11.8 Å². The second-order valence-corrected chi connectivity index (χ2v) is 11.0. The van der Waals surface area contributed by atoms with Crippen molar-refractivity contribution in [3.05, 3.63) is 17.7 Å². The van der Waals surface area contributed by atoms with Crippen molar-refractivity contribution in [3.8, 4) is 11.5 Å². The Morgan fingerprint density at radius 1 is 1.18 bits per heavy atom. The van der Waals surface area contributed by atoms with Gasteiger partial charge >= 0.3 is 0 Å². The molecule has 1 spiro atoms. The Balaban J connectivity index is 1.46. The molecule has 1 saturated heterocycles. The lowest BCUT2D eigenvalue weighted by atomic mass is 9.64. The molecular formula is C25H32N6O2S. The predicted octanol–water partition coefficient (Wildman–Crippen LogP) is 4.58. The molecule has 0 bridgehead atoms. The molecule has 180 valence electrons. The third kappa shape index (κ3) is 3.26. The Kier molecular flexibility index (Phi) is 5.52. The number of Topliss-reactive ketones (excluding diaryl/α,β-unsaturated/α-hetero) is 1. The molecular weight excluding hydrogens is 448 g/mol. The van der Waals surface area contributed by atoms with Crippen LogP contribution in [0, 0.1) is 0 Å². The molecule has 3 aromatic rings. The molecule has 0 radical (unpaired) electrons. The van der Waals surface area contributed by atoms with Gasteiger partial charge in [0.2, 0.25) is 0 Å². The third-order valence-electron chi connectivity index (χ3n) is 8.41. The number of hydrogen-bond acceptors (Lipinski definition) is 8. The highest BCUT2D eigenvalue weighted by Gasteiger charge is 2.48. The van der Waals surface area contributed by atoms with Crippen LogP contribution in [0.25, 0.3) is 22.7 Å². The molecule has 0 aromatic carbocycles. The summed E-state index contributed by atoms with van der Waals surface area (Å²) in [7, 11) is 2.20. The van der Waals surface area contributed by atoms with Gasteiger partial charge in [0.1, 0.15) is 16.3 Å². The summed E-state index contributed by atoms with van der Waals surface area (Å²) in [5, 5.41) is 5.33. The molecule has 3 aromatic heterocycles. The van der Waals surface area contributed by atoms with Gasteiger partial charge < -0.3 is 14.0 Å². The smallest absolute Gasteiger partial charge is 0.185 e. The Bertz CT molecular complexity index is 1250. The molecule has 0 unspecified atom stereocenters. The molecule has 9 heteroatoms. The van der Waals surface area contributed by atoms with Crippen LogP contribution < -0.4 is 0 Å². The summed E-state index contributed by atoms with van der Waals surface area (Å²) in [6, 6.07) is 0.717. The van der Waals surface area contributed by atoms with Crippen LogP contribution in [0.5, 0.6) is 0 Å². The Morgan fingerprint density at radius 3 is 2.79 bits per heavy atom. The quantitative estimate of drug-likeness (QED) is 0.396. The first-order valence-electron chi connectivity index (χ1n) is 12.5. The number of ketones is 1. The van der Waals surface area contributed by atoms with Gasteiger partial charge in [-0.1, -0.05) is 11.6 Å². The van der Waals surface area contributed by atoms with Gasteiger partial charge in [0.25, 0.3) is 0 Å². The Labute approximate surface area is 203 Å². The van der Waals surface area contributed by atoms with Crippen molar-refractivity contribution in [1.82, 2.24) is 29.6 Å². The van der Waals surface area contributed by atoms with Gasteiger partial charge in [0, 0.05) is 24.1 Å². The lowest BCUT2D eigenvalue weighted by Crippen LogP contribution is -2.41. The number of imidazole rings is 1. The van der Waals surface area contributed by atoms with Crippen molar-refractivity contribution in [2.75, 3.05) is 19.8 Å². The molecule has 8 nitrogen and oxygen atoms in total. The van der Waals surface area contributed by atoms with Gasteiger partial charge in [0.05, 0.1) is 11.7 Å². The number of thioether (sulfide) groups is 1. The van der Waals surface area contributed by atoms with E-state index in [9.17, 15) is 4.79 Å². The predicted molar refractivity (Wildman–Crippen MR) is 131 cm³/mol. The van der Waals surface area contributed by atoms with Crippen LogP contribution in [-0.2, 0) is 16.6 Å². The lowest BCUT2D eigenvalue weighted by Gasteiger charge is -2.36. The van der Waals surface area contributed by atoms with Crippen LogP contribution in [0.1, 0.15) is 75.7 Å². The zero-order chi connectivity index (χ0) is 23.4. The van der Waals surface area contributed by atoms with E-state index in [4.69, 9.17) is 19.5 Å². The highest BCUT2D eigenvalue weighted by molar-refractivity contribution is 7.98. The number of carbonyl (C=O) groups is 1. The van der Waals surface area contributed by atoms with Gasteiger partial charge in [-0.3, -0.25) is 4.79 Å². The van der Waals surface area contributed by atoms with Crippen LogP contribution in [0.3, 0.4) is 0 Å². The maximum Gasteiger partial charge on any atom is 0.185 e. The van der Waals surface area contributed by atoms with Gasteiger partial charge in [-0.2, -0.15) is 0 Å². The molecule has 3 atom stereocenters.